The number of aromatic nitrogens is 3. The van der Waals surface area contributed by atoms with E-state index in [1.165, 1.54) is 18.4 Å². The molecule has 1 N–H and O–H groups in total. The normalized spacial score (nSPS) is 19.0. The van der Waals surface area contributed by atoms with E-state index in [1.54, 1.807) is 16.7 Å². The highest BCUT2D eigenvalue weighted by atomic mass is 32.2. The number of nitrogens with zero attached hydrogens (tertiary/aromatic N) is 4. The van der Waals surface area contributed by atoms with Crippen LogP contribution in [-0.2, 0) is 11.3 Å². The molecular weight excluding hydrogens is 370 g/mol. The van der Waals surface area contributed by atoms with Crippen molar-refractivity contribution in [2.24, 2.45) is 0 Å². The summed E-state index contributed by atoms with van der Waals surface area (Å²) in [5.74, 6) is 1.83. The maximum absolute atomic E-state index is 13.0. The molecule has 2 aliphatic rings. The lowest BCUT2D eigenvalue weighted by Crippen LogP contribution is -3.14. The number of hydrogen-bond donors (Lipinski definition) is 1. The fourth-order valence-corrected chi connectivity index (χ4v) is 4.75. The minimum absolute atomic E-state index is 0.144. The smallest absolute Gasteiger partial charge is 0.236 e. The van der Waals surface area contributed by atoms with Gasteiger partial charge in [-0.25, -0.2) is 0 Å². The molecule has 6 nitrogen and oxygen atoms in total. The molecule has 1 aliphatic heterocycles. The molecule has 2 aromatic rings. The molecule has 1 saturated carbocycles. The topological polar surface area (TPSA) is 55.5 Å². The van der Waals surface area contributed by atoms with Gasteiger partial charge in [0.25, 0.3) is 0 Å². The van der Waals surface area contributed by atoms with Gasteiger partial charge in [-0.05, 0) is 32.3 Å². The minimum atomic E-state index is -0.144. The second-order valence-corrected chi connectivity index (χ2v) is 9.18. The number of amides is 1. The van der Waals surface area contributed by atoms with Crippen LogP contribution in [-0.4, -0.2) is 63.5 Å². The summed E-state index contributed by atoms with van der Waals surface area (Å²) in [4.78, 5) is 16.6. The van der Waals surface area contributed by atoms with Gasteiger partial charge >= 0.3 is 0 Å². The lowest BCUT2D eigenvalue weighted by molar-refractivity contribution is -0.902. The fraction of sp³-hybridized carbons (Fsp3) is 0.571. The standard InChI is InChI=1S/C21H29N5OS/c1-3-24-11-13-25(14-12-24)20(27)16(2)28-21-23-22-19(18-9-10-18)26(21)15-17-7-5-4-6-8-17/h4-8,16,18H,3,9-15H2,1-2H3/p+1/t16-/m0/s1. The maximum Gasteiger partial charge on any atom is 0.236 e. The van der Waals surface area contributed by atoms with Gasteiger partial charge in [0.05, 0.1) is 44.5 Å². The van der Waals surface area contributed by atoms with Gasteiger partial charge in [-0.2, -0.15) is 0 Å². The number of hydrogen-bond acceptors (Lipinski definition) is 4. The largest absolute Gasteiger partial charge is 0.332 e. The molecule has 2 heterocycles. The number of rotatable bonds is 7. The second kappa shape index (κ2) is 8.66. The molecule has 0 unspecified atom stereocenters. The van der Waals surface area contributed by atoms with Gasteiger partial charge in [-0.1, -0.05) is 42.1 Å². The molecule has 7 heteroatoms. The summed E-state index contributed by atoms with van der Waals surface area (Å²) in [7, 11) is 0. The third-order valence-electron chi connectivity index (χ3n) is 5.78. The molecule has 0 bridgehead atoms. The molecule has 1 atom stereocenters. The summed E-state index contributed by atoms with van der Waals surface area (Å²) in [6.45, 7) is 9.94. The number of benzene rings is 1. The van der Waals surface area contributed by atoms with Gasteiger partial charge in [0.2, 0.25) is 5.91 Å². The minimum Gasteiger partial charge on any atom is -0.332 e. The van der Waals surface area contributed by atoms with Gasteiger partial charge in [0.15, 0.2) is 5.16 Å². The van der Waals surface area contributed by atoms with E-state index in [9.17, 15) is 4.79 Å². The van der Waals surface area contributed by atoms with Crippen molar-refractivity contribution < 1.29 is 9.69 Å². The number of quaternary nitrogens is 1. The Morgan fingerprint density at radius 1 is 1.21 bits per heavy atom. The number of piperazine rings is 1. The zero-order valence-electron chi connectivity index (χ0n) is 16.8. The SMILES string of the molecule is CC[NH+]1CCN(C(=O)[C@H](C)Sc2nnc(C3CC3)n2Cc2ccccc2)CC1. The molecule has 1 aromatic carbocycles. The number of likely N-dealkylation sites (N-methyl/N-ethyl adjacent to an activating group) is 1. The lowest BCUT2D eigenvalue weighted by atomic mass is 10.2. The van der Waals surface area contributed by atoms with Crippen molar-refractivity contribution in [2.75, 3.05) is 32.7 Å². The fourth-order valence-electron chi connectivity index (χ4n) is 3.81. The maximum atomic E-state index is 13.0. The number of carbonyl (C=O) groups is 1. The molecule has 150 valence electrons. The number of thioether (sulfide) groups is 1. The zero-order chi connectivity index (χ0) is 19.5. The van der Waals surface area contributed by atoms with Crippen LogP contribution in [0.5, 0.6) is 0 Å². The van der Waals surface area contributed by atoms with Gasteiger partial charge < -0.3 is 14.4 Å². The molecule has 28 heavy (non-hydrogen) atoms. The van der Waals surface area contributed by atoms with Crippen LogP contribution in [0.3, 0.4) is 0 Å². The van der Waals surface area contributed by atoms with Gasteiger partial charge in [-0.15, -0.1) is 10.2 Å². The van der Waals surface area contributed by atoms with E-state index in [1.807, 2.05) is 17.9 Å². The van der Waals surface area contributed by atoms with Crippen molar-refractivity contribution in [1.29, 1.82) is 0 Å². The Morgan fingerprint density at radius 3 is 2.57 bits per heavy atom. The molecule has 0 radical (unpaired) electrons. The Balaban J connectivity index is 1.46. The average molecular weight is 401 g/mol. The summed E-state index contributed by atoms with van der Waals surface area (Å²) >= 11 is 1.56. The van der Waals surface area contributed by atoms with Crippen LogP contribution in [0.15, 0.2) is 35.5 Å². The van der Waals surface area contributed by atoms with Crippen molar-refractivity contribution in [3.05, 3.63) is 41.7 Å². The first-order valence-corrected chi connectivity index (χ1v) is 11.3. The van der Waals surface area contributed by atoms with Crippen LogP contribution >= 0.6 is 11.8 Å². The Hall–Kier alpha value is -1.86. The predicted molar refractivity (Wildman–Crippen MR) is 111 cm³/mol. The van der Waals surface area contributed by atoms with E-state index < -0.39 is 0 Å². The summed E-state index contributed by atoms with van der Waals surface area (Å²) in [5, 5.41) is 9.67. The van der Waals surface area contributed by atoms with Gasteiger partial charge in [0, 0.05) is 5.92 Å². The average Bonchev–Trinajstić information content (AvgIpc) is 3.51. The summed E-state index contributed by atoms with van der Waals surface area (Å²) in [6.07, 6.45) is 2.38. The number of nitrogens with one attached hydrogen (secondary N) is 1. The predicted octanol–water partition coefficient (Wildman–Crippen LogP) is 1.43. The van der Waals surface area contributed by atoms with Crippen molar-refractivity contribution in [3.8, 4) is 0 Å². The van der Waals surface area contributed by atoms with Crippen LogP contribution in [0.2, 0.25) is 0 Å². The van der Waals surface area contributed by atoms with E-state index in [2.05, 4.69) is 46.0 Å². The monoisotopic (exact) mass is 400 g/mol. The van der Waals surface area contributed by atoms with Crippen molar-refractivity contribution in [1.82, 2.24) is 19.7 Å². The second-order valence-electron chi connectivity index (χ2n) is 7.88. The van der Waals surface area contributed by atoms with Crippen molar-refractivity contribution in [2.45, 2.75) is 49.6 Å². The lowest BCUT2D eigenvalue weighted by Gasteiger charge is -2.32. The molecule has 2 fully saturated rings. The number of carbonyl (C=O) groups excluding carboxylic acids is 1. The third-order valence-corrected chi connectivity index (χ3v) is 6.85. The van der Waals surface area contributed by atoms with Crippen LogP contribution in [0.4, 0.5) is 0 Å². The molecule has 1 aliphatic carbocycles. The highest BCUT2D eigenvalue weighted by Gasteiger charge is 2.32. The zero-order valence-corrected chi connectivity index (χ0v) is 17.6. The van der Waals surface area contributed by atoms with E-state index in [0.29, 0.717) is 5.92 Å². The van der Waals surface area contributed by atoms with E-state index >= 15 is 0 Å². The highest BCUT2D eigenvalue weighted by Crippen LogP contribution is 2.40. The van der Waals surface area contributed by atoms with E-state index in [-0.39, 0.29) is 11.2 Å². The first-order valence-electron chi connectivity index (χ1n) is 10.4. The molecule has 0 spiro atoms. The Labute approximate surface area is 171 Å². The van der Waals surface area contributed by atoms with Gasteiger partial charge in [0.1, 0.15) is 5.82 Å². The van der Waals surface area contributed by atoms with Crippen molar-refractivity contribution in [3.63, 3.8) is 0 Å². The van der Waals surface area contributed by atoms with E-state index in [4.69, 9.17) is 0 Å². The molecule has 1 aromatic heterocycles. The highest BCUT2D eigenvalue weighted by molar-refractivity contribution is 8.00. The summed E-state index contributed by atoms with van der Waals surface area (Å²) < 4.78 is 2.22. The van der Waals surface area contributed by atoms with Crippen molar-refractivity contribution >= 4 is 17.7 Å². The molecule has 1 saturated heterocycles. The van der Waals surface area contributed by atoms with Crippen LogP contribution < -0.4 is 4.90 Å². The first kappa shape index (κ1) is 19.5. The molecule has 1 amide bonds. The summed E-state index contributed by atoms with van der Waals surface area (Å²) in [6, 6.07) is 10.4. The Bertz CT molecular complexity index is 796. The molecular formula is C21H30N5OS+. The van der Waals surface area contributed by atoms with Gasteiger partial charge in [-0.3, -0.25) is 4.79 Å². The van der Waals surface area contributed by atoms with Crippen LogP contribution in [0.1, 0.15) is 44.0 Å². The first-order chi connectivity index (χ1) is 13.7. The third kappa shape index (κ3) is 4.41. The Kier molecular flexibility index (Phi) is 6.01. The molecule has 4 rings (SSSR count). The van der Waals surface area contributed by atoms with Crippen LogP contribution in [0, 0.1) is 0 Å². The van der Waals surface area contributed by atoms with E-state index in [0.717, 1.165) is 50.2 Å². The van der Waals surface area contributed by atoms with Crippen LogP contribution in [0.25, 0.3) is 0 Å². The quantitative estimate of drug-likeness (QED) is 0.715. The summed E-state index contributed by atoms with van der Waals surface area (Å²) in [5.41, 5.74) is 1.24. The Morgan fingerprint density at radius 2 is 1.93 bits per heavy atom.